The van der Waals surface area contributed by atoms with E-state index in [4.69, 9.17) is 0 Å². The molecule has 0 bridgehead atoms. The van der Waals surface area contributed by atoms with Gasteiger partial charge in [0, 0.05) is 44.1 Å². The fourth-order valence-electron chi connectivity index (χ4n) is 3.99. The normalized spacial score (nSPS) is 16.7. The van der Waals surface area contributed by atoms with Crippen molar-refractivity contribution in [1.29, 1.82) is 0 Å². The quantitative estimate of drug-likeness (QED) is 0.658. The summed E-state index contributed by atoms with van der Waals surface area (Å²) in [6, 6.07) is 13.7. The molecule has 2 heterocycles. The summed E-state index contributed by atoms with van der Waals surface area (Å²) in [5, 5.41) is 5.05. The molecule has 3 aromatic rings. The number of amides is 2. The largest absolute Gasteiger partial charge is 0.356 e. The highest BCUT2D eigenvalue weighted by Gasteiger charge is 2.29. The molecule has 2 amide bonds. The fraction of sp³-hybridized carbons (Fsp3) is 0.348. The third-order valence-corrected chi connectivity index (χ3v) is 5.55. The first-order valence-corrected chi connectivity index (χ1v) is 10.2. The van der Waals surface area contributed by atoms with Gasteiger partial charge in [0.25, 0.3) is 5.91 Å². The van der Waals surface area contributed by atoms with Crippen molar-refractivity contribution in [3.05, 3.63) is 66.7 Å². The second kappa shape index (κ2) is 8.90. The lowest BCUT2D eigenvalue weighted by Gasteiger charge is -2.32. The van der Waals surface area contributed by atoms with Crippen LogP contribution in [0.3, 0.4) is 0 Å². The van der Waals surface area contributed by atoms with E-state index in [-0.39, 0.29) is 17.7 Å². The Morgan fingerprint density at radius 2 is 2.00 bits per heavy atom. The van der Waals surface area contributed by atoms with E-state index in [1.807, 2.05) is 58.1 Å². The van der Waals surface area contributed by atoms with Gasteiger partial charge in [0.05, 0.1) is 12.2 Å². The molecule has 29 heavy (non-hydrogen) atoms. The van der Waals surface area contributed by atoms with Crippen LogP contribution in [0.15, 0.2) is 61.2 Å². The SMILES string of the molecule is O=C(NCCCn1ccnc1)C1CCCN(C(=O)c2cccc3ccccc23)C1. The molecule has 150 valence electrons. The maximum absolute atomic E-state index is 13.2. The van der Waals surface area contributed by atoms with Gasteiger partial charge in [-0.2, -0.15) is 0 Å². The second-order valence-corrected chi connectivity index (χ2v) is 7.56. The van der Waals surface area contributed by atoms with Gasteiger partial charge in [-0.05, 0) is 36.1 Å². The topological polar surface area (TPSA) is 67.2 Å². The summed E-state index contributed by atoms with van der Waals surface area (Å²) >= 11 is 0. The van der Waals surface area contributed by atoms with Gasteiger partial charge in [0.15, 0.2) is 0 Å². The molecule has 1 unspecified atom stereocenters. The summed E-state index contributed by atoms with van der Waals surface area (Å²) in [7, 11) is 0. The number of hydrogen-bond acceptors (Lipinski definition) is 3. The maximum atomic E-state index is 13.2. The lowest BCUT2D eigenvalue weighted by Crippen LogP contribution is -2.45. The van der Waals surface area contributed by atoms with Crippen molar-refractivity contribution in [3.63, 3.8) is 0 Å². The molecule has 0 saturated carbocycles. The summed E-state index contributed by atoms with van der Waals surface area (Å²) < 4.78 is 2.00. The third kappa shape index (κ3) is 4.47. The van der Waals surface area contributed by atoms with Gasteiger partial charge in [0.1, 0.15) is 0 Å². The smallest absolute Gasteiger partial charge is 0.254 e. The van der Waals surface area contributed by atoms with Crippen molar-refractivity contribution in [1.82, 2.24) is 19.8 Å². The number of likely N-dealkylation sites (tertiary alicyclic amines) is 1. The summed E-state index contributed by atoms with van der Waals surface area (Å²) in [6.07, 6.45) is 7.98. The zero-order valence-corrected chi connectivity index (χ0v) is 16.5. The molecule has 1 N–H and O–H groups in total. The standard InChI is InChI=1S/C23H26N4O2/c28-22(25-11-5-13-26-15-12-24-17-26)19-8-4-14-27(16-19)23(29)21-10-3-7-18-6-1-2-9-20(18)21/h1-3,6-7,9-10,12,15,17,19H,4-5,8,11,13-14,16H2,(H,25,28). The van der Waals surface area contributed by atoms with Crippen LogP contribution in [0, 0.1) is 5.92 Å². The van der Waals surface area contributed by atoms with Gasteiger partial charge in [-0.1, -0.05) is 36.4 Å². The van der Waals surface area contributed by atoms with Crippen LogP contribution >= 0.6 is 0 Å². The predicted octanol–water partition coefficient (Wildman–Crippen LogP) is 3.10. The Labute approximate surface area is 170 Å². The average molecular weight is 390 g/mol. The van der Waals surface area contributed by atoms with Gasteiger partial charge in [-0.25, -0.2) is 4.98 Å². The minimum Gasteiger partial charge on any atom is -0.356 e. The van der Waals surface area contributed by atoms with E-state index in [2.05, 4.69) is 10.3 Å². The number of rotatable bonds is 6. The van der Waals surface area contributed by atoms with Crippen molar-refractivity contribution < 1.29 is 9.59 Å². The Bertz CT molecular complexity index is 978. The number of carbonyl (C=O) groups is 2. The predicted molar refractivity (Wildman–Crippen MR) is 112 cm³/mol. The third-order valence-electron chi connectivity index (χ3n) is 5.55. The van der Waals surface area contributed by atoms with Crippen molar-refractivity contribution in [2.24, 2.45) is 5.92 Å². The number of piperidine rings is 1. The lowest BCUT2D eigenvalue weighted by molar-refractivity contribution is -0.126. The average Bonchev–Trinajstić information content (AvgIpc) is 3.29. The first-order valence-electron chi connectivity index (χ1n) is 10.2. The first-order chi connectivity index (χ1) is 14.2. The van der Waals surface area contributed by atoms with Crippen LogP contribution in [0.2, 0.25) is 0 Å². The van der Waals surface area contributed by atoms with Crippen LogP contribution in [-0.2, 0) is 11.3 Å². The number of benzene rings is 2. The number of fused-ring (bicyclic) bond motifs is 1. The maximum Gasteiger partial charge on any atom is 0.254 e. The van der Waals surface area contributed by atoms with Gasteiger partial charge in [-0.3, -0.25) is 9.59 Å². The van der Waals surface area contributed by atoms with E-state index in [1.165, 1.54) is 0 Å². The van der Waals surface area contributed by atoms with Crippen molar-refractivity contribution in [2.45, 2.75) is 25.8 Å². The van der Waals surface area contributed by atoms with Gasteiger partial charge in [0.2, 0.25) is 5.91 Å². The number of nitrogens with one attached hydrogen (secondary N) is 1. The molecular weight excluding hydrogens is 364 g/mol. The Morgan fingerprint density at radius 1 is 1.14 bits per heavy atom. The molecule has 1 saturated heterocycles. The monoisotopic (exact) mass is 390 g/mol. The summed E-state index contributed by atoms with van der Waals surface area (Å²) in [4.78, 5) is 31.6. The summed E-state index contributed by atoms with van der Waals surface area (Å²) in [5.41, 5.74) is 0.712. The second-order valence-electron chi connectivity index (χ2n) is 7.56. The minimum atomic E-state index is -0.143. The van der Waals surface area contributed by atoms with E-state index >= 15 is 0 Å². The molecule has 0 radical (unpaired) electrons. The molecule has 1 aliphatic heterocycles. The minimum absolute atomic E-state index is 0.0133. The van der Waals surface area contributed by atoms with Crippen molar-refractivity contribution in [3.8, 4) is 0 Å². The molecular formula is C23H26N4O2. The molecule has 0 spiro atoms. The van der Waals surface area contributed by atoms with Gasteiger partial charge >= 0.3 is 0 Å². The Kier molecular flexibility index (Phi) is 5.89. The molecule has 1 aromatic heterocycles. The van der Waals surface area contributed by atoms with Crippen LogP contribution in [-0.4, -0.2) is 45.9 Å². The van der Waals surface area contributed by atoms with E-state index in [0.717, 1.165) is 36.6 Å². The van der Waals surface area contributed by atoms with E-state index in [9.17, 15) is 9.59 Å². The molecule has 1 aliphatic rings. The molecule has 0 aliphatic carbocycles. The zero-order chi connectivity index (χ0) is 20.1. The van der Waals surface area contributed by atoms with E-state index < -0.39 is 0 Å². The highest BCUT2D eigenvalue weighted by atomic mass is 16.2. The molecule has 1 atom stereocenters. The Balaban J connectivity index is 1.35. The lowest BCUT2D eigenvalue weighted by atomic mass is 9.95. The number of aromatic nitrogens is 2. The number of aryl methyl sites for hydroxylation is 1. The van der Waals surface area contributed by atoms with Gasteiger partial charge < -0.3 is 14.8 Å². The van der Waals surface area contributed by atoms with Crippen molar-refractivity contribution >= 4 is 22.6 Å². The Morgan fingerprint density at radius 3 is 2.86 bits per heavy atom. The van der Waals surface area contributed by atoms with Crippen LogP contribution < -0.4 is 5.32 Å². The van der Waals surface area contributed by atoms with Crippen LogP contribution in [0.4, 0.5) is 0 Å². The number of carbonyl (C=O) groups excluding carboxylic acids is 2. The summed E-state index contributed by atoms with van der Waals surface area (Å²) in [6.45, 7) is 2.64. The summed E-state index contributed by atoms with van der Waals surface area (Å²) in [5.74, 6) is -0.0821. The van der Waals surface area contributed by atoms with Gasteiger partial charge in [-0.15, -0.1) is 0 Å². The highest BCUT2D eigenvalue weighted by Crippen LogP contribution is 2.23. The molecule has 2 aromatic carbocycles. The van der Waals surface area contributed by atoms with Crippen molar-refractivity contribution in [2.75, 3.05) is 19.6 Å². The fourth-order valence-corrected chi connectivity index (χ4v) is 3.99. The Hall–Kier alpha value is -3.15. The van der Waals surface area contributed by atoms with Crippen LogP contribution in [0.1, 0.15) is 29.6 Å². The highest BCUT2D eigenvalue weighted by molar-refractivity contribution is 6.07. The molecule has 6 nitrogen and oxygen atoms in total. The molecule has 6 heteroatoms. The van der Waals surface area contributed by atoms with Crippen LogP contribution in [0.25, 0.3) is 10.8 Å². The van der Waals surface area contributed by atoms with E-state index in [1.54, 1.807) is 12.5 Å². The zero-order valence-electron chi connectivity index (χ0n) is 16.5. The molecule has 1 fully saturated rings. The number of hydrogen-bond donors (Lipinski definition) is 1. The van der Waals surface area contributed by atoms with Crippen LogP contribution in [0.5, 0.6) is 0 Å². The number of imidazole rings is 1. The van der Waals surface area contributed by atoms with E-state index in [0.29, 0.717) is 25.2 Å². The molecule has 4 rings (SSSR count). The first kappa shape index (κ1) is 19.2. The number of nitrogens with zero attached hydrogens (tertiary/aromatic N) is 3.